The van der Waals surface area contributed by atoms with E-state index in [9.17, 15) is 0 Å². The summed E-state index contributed by atoms with van der Waals surface area (Å²) in [6.07, 6.45) is 12.3. The summed E-state index contributed by atoms with van der Waals surface area (Å²) in [7, 11) is 0. The standard InChI is InChI=1S/C34H56O6S8/c1-9-41-31(42-10-1)21-32(43-11-2-12-44-32)24-36-18-28-7-8-30(40-28)20-38-26-34(47-15-4-16-48-34)22-33(45-13-3-14-46-33)25-37-19-29-6-5-27(39-29)17-35-23-31/h27-30H,1-26H2. The van der Waals surface area contributed by atoms with E-state index in [-0.39, 0.29) is 40.7 Å². The maximum Gasteiger partial charge on any atom is 0.0865 e. The van der Waals surface area contributed by atoms with Gasteiger partial charge in [-0.05, 0) is 110 Å². The molecule has 0 aromatic heterocycles. The molecule has 0 aliphatic carbocycles. The summed E-state index contributed by atoms with van der Waals surface area (Å²) in [4.78, 5) is 0. The van der Waals surface area contributed by atoms with Crippen LogP contribution in [0.4, 0.5) is 0 Å². The van der Waals surface area contributed by atoms with Crippen LogP contribution in [0, 0.1) is 0 Å². The molecule has 0 amide bonds. The SMILES string of the molecule is C1CSC2(COCC3CCC(COCC4(CC5(COCC6CCC(COCC7(C2)SCCCS7)O6)SCCCS5)SCCCS4)O3)SC1. The number of ether oxygens (including phenoxy) is 6. The average molecular weight is 817 g/mol. The minimum Gasteiger partial charge on any atom is -0.376 e. The molecule has 4 spiro atoms. The zero-order valence-corrected chi connectivity index (χ0v) is 34.9. The van der Waals surface area contributed by atoms with Crippen LogP contribution >= 0.6 is 94.1 Å². The smallest absolute Gasteiger partial charge is 0.0865 e. The Balaban J connectivity index is 1.04. The molecule has 7 heterocycles. The summed E-state index contributed by atoms with van der Waals surface area (Å²) in [5.41, 5.74) is 0. The van der Waals surface area contributed by atoms with Crippen LogP contribution in [0.15, 0.2) is 0 Å². The van der Waals surface area contributed by atoms with Gasteiger partial charge in [-0.15, -0.1) is 94.1 Å². The van der Waals surface area contributed by atoms with Crippen molar-refractivity contribution in [2.24, 2.45) is 0 Å². The van der Waals surface area contributed by atoms with Gasteiger partial charge < -0.3 is 28.4 Å². The van der Waals surface area contributed by atoms with Crippen molar-refractivity contribution in [3.63, 3.8) is 0 Å². The molecule has 0 N–H and O–H groups in total. The zero-order chi connectivity index (χ0) is 32.6. The van der Waals surface area contributed by atoms with Crippen LogP contribution in [-0.4, -0.2) is 140 Å². The lowest BCUT2D eigenvalue weighted by atomic mass is 10.2. The lowest BCUT2D eigenvalue weighted by Crippen LogP contribution is -2.43. The van der Waals surface area contributed by atoms with Crippen molar-refractivity contribution in [2.75, 3.05) is 98.9 Å². The first-order valence-corrected chi connectivity index (χ1v) is 26.2. The van der Waals surface area contributed by atoms with Gasteiger partial charge in [0.1, 0.15) is 0 Å². The lowest BCUT2D eigenvalue weighted by molar-refractivity contribution is -0.0507. The van der Waals surface area contributed by atoms with E-state index in [0.717, 1.165) is 65.0 Å². The quantitative estimate of drug-likeness (QED) is 0.236. The molecule has 0 aromatic rings. The molecule has 7 rings (SSSR count). The van der Waals surface area contributed by atoms with E-state index in [1.807, 2.05) is 0 Å². The maximum atomic E-state index is 6.61. The van der Waals surface area contributed by atoms with E-state index in [1.165, 1.54) is 71.7 Å². The molecule has 4 atom stereocenters. The van der Waals surface area contributed by atoms with Gasteiger partial charge in [-0.1, -0.05) is 0 Å². The van der Waals surface area contributed by atoms with Gasteiger partial charge in [0.15, 0.2) is 0 Å². The largest absolute Gasteiger partial charge is 0.376 e. The minimum atomic E-state index is 0.0794. The lowest BCUT2D eigenvalue weighted by Gasteiger charge is -2.45. The van der Waals surface area contributed by atoms with E-state index in [1.54, 1.807) is 0 Å². The highest BCUT2D eigenvalue weighted by molar-refractivity contribution is 8.21. The van der Waals surface area contributed by atoms with Gasteiger partial charge in [0, 0.05) is 0 Å². The molecule has 7 aliphatic rings. The maximum absolute atomic E-state index is 6.61. The first kappa shape index (κ1) is 38.8. The van der Waals surface area contributed by atoms with E-state index in [4.69, 9.17) is 28.4 Å². The molecule has 4 bridgehead atoms. The van der Waals surface area contributed by atoms with Crippen molar-refractivity contribution in [2.45, 2.75) is 105 Å². The number of hydrogen-bond donors (Lipinski definition) is 0. The van der Waals surface area contributed by atoms with Crippen molar-refractivity contribution in [3.8, 4) is 0 Å². The highest BCUT2D eigenvalue weighted by Gasteiger charge is 2.48. The van der Waals surface area contributed by atoms with Crippen LogP contribution in [0.2, 0.25) is 0 Å². The Morgan fingerprint density at radius 1 is 0.333 bits per heavy atom. The molecule has 7 saturated heterocycles. The fraction of sp³-hybridized carbons (Fsp3) is 1.00. The van der Waals surface area contributed by atoms with Crippen molar-refractivity contribution in [3.05, 3.63) is 0 Å². The summed E-state index contributed by atoms with van der Waals surface area (Å²) in [6.45, 7) is 5.91. The highest BCUT2D eigenvalue weighted by atomic mass is 32.2. The van der Waals surface area contributed by atoms with Crippen molar-refractivity contribution >= 4 is 94.1 Å². The summed E-state index contributed by atoms with van der Waals surface area (Å²) in [6, 6.07) is 0. The third-order valence-electron chi connectivity index (χ3n) is 10.0. The van der Waals surface area contributed by atoms with Gasteiger partial charge in [-0.25, -0.2) is 0 Å². The Kier molecular flexibility index (Phi) is 15.3. The van der Waals surface area contributed by atoms with Crippen LogP contribution in [-0.2, 0) is 28.4 Å². The third kappa shape index (κ3) is 10.9. The summed E-state index contributed by atoms with van der Waals surface area (Å²) in [5, 5.41) is 0. The number of thioether (sulfide) groups is 8. The first-order chi connectivity index (χ1) is 23.6. The van der Waals surface area contributed by atoms with Gasteiger partial charge in [-0.3, -0.25) is 0 Å². The predicted octanol–water partition coefficient (Wildman–Crippen LogP) is 8.21. The molecule has 7 fully saturated rings. The minimum absolute atomic E-state index is 0.0794. The fourth-order valence-corrected chi connectivity index (χ4v) is 21.9. The van der Waals surface area contributed by atoms with Crippen molar-refractivity contribution < 1.29 is 28.4 Å². The van der Waals surface area contributed by atoms with Gasteiger partial charge in [-0.2, -0.15) is 0 Å². The first-order valence-electron chi connectivity index (χ1n) is 18.3. The Hall–Kier alpha value is 2.56. The van der Waals surface area contributed by atoms with E-state index in [2.05, 4.69) is 94.1 Å². The van der Waals surface area contributed by atoms with Crippen LogP contribution in [0.5, 0.6) is 0 Å². The zero-order valence-electron chi connectivity index (χ0n) is 28.4. The second kappa shape index (κ2) is 18.9. The van der Waals surface area contributed by atoms with Crippen molar-refractivity contribution in [1.29, 1.82) is 0 Å². The van der Waals surface area contributed by atoms with E-state index >= 15 is 0 Å². The molecule has 0 saturated carbocycles. The van der Waals surface area contributed by atoms with Crippen LogP contribution < -0.4 is 0 Å². The molecule has 0 radical (unpaired) electrons. The molecule has 14 heteroatoms. The Morgan fingerprint density at radius 3 is 0.792 bits per heavy atom. The summed E-state index contributed by atoms with van der Waals surface area (Å²) in [5.74, 6) is 9.76. The molecule has 48 heavy (non-hydrogen) atoms. The number of fused-ring (bicyclic) bond motifs is 4. The molecular formula is C34H56O6S8. The van der Waals surface area contributed by atoms with Crippen LogP contribution in [0.1, 0.15) is 64.2 Å². The van der Waals surface area contributed by atoms with E-state index < -0.39 is 0 Å². The Morgan fingerprint density at radius 2 is 0.562 bits per heavy atom. The monoisotopic (exact) mass is 816 g/mol. The number of hydrogen-bond acceptors (Lipinski definition) is 14. The van der Waals surface area contributed by atoms with Gasteiger partial charge >= 0.3 is 0 Å². The Bertz CT molecular complexity index is 825. The van der Waals surface area contributed by atoms with E-state index in [0.29, 0.717) is 26.4 Å². The molecule has 7 aliphatic heterocycles. The summed E-state index contributed by atoms with van der Waals surface area (Å²) >= 11 is 17.1. The third-order valence-corrected chi connectivity index (χ3v) is 23.1. The molecular weight excluding hydrogens is 761 g/mol. The Labute approximate surface area is 323 Å². The van der Waals surface area contributed by atoms with Crippen molar-refractivity contribution in [1.82, 2.24) is 0 Å². The predicted molar refractivity (Wildman–Crippen MR) is 217 cm³/mol. The highest BCUT2D eigenvalue weighted by Crippen LogP contribution is 2.57. The van der Waals surface area contributed by atoms with Gasteiger partial charge in [0.05, 0.1) is 93.6 Å². The van der Waals surface area contributed by atoms with Crippen LogP contribution in [0.25, 0.3) is 0 Å². The second-order valence-electron chi connectivity index (χ2n) is 14.2. The fourth-order valence-electron chi connectivity index (χ4n) is 7.67. The molecule has 276 valence electrons. The van der Waals surface area contributed by atoms with Gasteiger partial charge in [0.25, 0.3) is 0 Å². The topological polar surface area (TPSA) is 55.4 Å². The second-order valence-corrected chi connectivity index (χ2v) is 27.0. The number of rotatable bonds is 0. The average Bonchev–Trinajstić information content (AvgIpc) is 3.75. The summed E-state index contributed by atoms with van der Waals surface area (Å²) < 4.78 is 39.9. The van der Waals surface area contributed by atoms with Crippen LogP contribution in [0.3, 0.4) is 0 Å². The molecule has 4 unspecified atom stereocenters. The molecule has 6 nitrogen and oxygen atoms in total. The molecule has 0 aromatic carbocycles. The van der Waals surface area contributed by atoms with Gasteiger partial charge in [0.2, 0.25) is 0 Å². The normalized spacial score (nSPS) is 37.0.